The molecule has 0 saturated carbocycles. The van der Waals surface area contributed by atoms with E-state index in [4.69, 9.17) is 4.74 Å². The van der Waals surface area contributed by atoms with Crippen LogP contribution in [0.5, 0.6) is 0 Å². The number of nitrogens with zero attached hydrogens (tertiary/aromatic N) is 1. The van der Waals surface area contributed by atoms with Crippen LogP contribution in [0.2, 0.25) is 0 Å². The number of nitrogens with one attached hydrogen (secondary N) is 1. The maximum absolute atomic E-state index is 12.7. The fraction of sp³-hybridized carbons (Fsp3) is 0.318. The minimum Gasteiger partial charge on any atom is -0.445 e. The van der Waals surface area contributed by atoms with Crippen LogP contribution in [0.15, 0.2) is 60.7 Å². The fourth-order valence-corrected chi connectivity index (χ4v) is 3.30. The summed E-state index contributed by atoms with van der Waals surface area (Å²) in [6.07, 6.45) is 2.98. The van der Waals surface area contributed by atoms with Crippen molar-refractivity contribution in [1.29, 1.82) is 0 Å². The average molecular weight is 379 g/mol. The first kappa shape index (κ1) is 19.6. The fourth-order valence-electron chi connectivity index (χ4n) is 3.30. The molecule has 0 spiro atoms. The highest BCUT2D eigenvalue weighted by atomic mass is 16.6. The Kier molecular flexibility index (Phi) is 6.78. The van der Waals surface area contributed by atoms with Gasteiger partial charge in [-0.1, -0.05) is 60.7 Å². The second-order valence-electron chi connectivity index (χ2n) is 6.76. The van der Waals surface area contributed by atoms with Gasteiger partial charge >= 0.3 is 6.09 Å². The zero-order valence-corrected chi connectivity index (χ0v) is 15.5. The molecule has 1 aliphatic heterocycles. The van der Waals surface area contributed by atoms with E-state index < -0.39 is 18.2 Å². The highest BCUT2D eigenvalue weighted by Gasteiger charge is 2.36. The van der Waals surface area contributed by atoms with Crippen molar-refractivity contribution in [3.63, 3.8) is 0 Å². The third-order valence-corrected chi connectivity index (χ3v) is 4.74. The molecule has 1 saturated heterocycles. The van der Waals surface area contributed by atoms with Crippen LogP contribution in [0.25, 0.3) is 0 Å². The molecule has 0 aromatic heterocycles. The SMILES string of the molecule is O=[C][C@H](Cc1ccccc1)NC(=O)C1CCCN1C(=O)OCc1ccccc1. The van der Waals surface area contributed by atoms with Crippen LogP contribution in [0, 0.1) is 0 Å². The molecule has 1 N–H and O–H groups in total. The second kappa shape index (κ2) is 9.69. The largest absolute Gasteiger partial charge is 0.445 e. The second-order valence-corrected chi connectivity index (χ2v) is 6.76. The van der Waals surface area contributed by atoms with Crippen LogP contribution in [-0.4, -0.2) is 41.8 Å². The van der Waals surface area contributed by atoms with E-state index in [1.54, 1.807) is 0 Å². The van der Waals surface area contributed by atoms with Gasteiger partial charge < -0.3 is 10.1 Å². The Morgan fingerprint density at radius 3 is 2.36 bits per heavy atom. The number of rotatable bonds is 7. The van der Waals surface area contributed by atoms with E-state index in [-0.39, 0.29) is 12.5 Å². The lowest BCUT2D eigenvalue weighted by molar-refractivity contribution is -0.125. The first-order chi connectivity index (χ1) is 13.7. The highest BCUT2D eigenvalue weighted by Crippen LogP contribution is 2.19. The summed E-state index contributed by atoms with van der Waals surface area (Å²) in [4.78, 5) is 37.8. The molecule has 2 aromatic carbocycles. The molecule has 28 heavy (non-hydrogen) atoms. The normalized spacial score (nSPS) is 17.0. The molecule has 1 heterocycles. The minimum absolute atomic E-state index is 0.156. The summed E-state index contributed by atoms with van der Waals surface area (Å²) < 4.78 is 5.35. The molecule has 2 amide bonds. The van der Waals surface area contributed by atoms with Gasteiger partial charge in [0.25, 0.3) is 0 Å². The third kappa shape index (κ3) is 5.19. The van der Waals surface area contributed by atoms with E-state index in [0.717, 1.165) is 11.1 Å². The van der Waals surface area contributed by atoms with E-state index in [1.165, 1.54) is 4.90 Å². The number of hydrogen-bond acceptors (Lipinski definition) is 4. The quantitative estimate of drug-likeness (QED) is 0.802. The monoisotopic (exact) mass is 379 g/mol. The van der Waals surface area contributed by atoms with Crippen molar-refractivity contribution >= 4 is 18.3 Å². The summed E-state index contributed by atoms with van der Waals surface area (Å²) in [5.74, 6) is -0.349. The number of amides is 2. The van der Waals surface area contributed by atoms with Crippen molar-refractivity contribution in [2.75, 3.05) is 6.54 Å². The van der Waals surface area contributed by atoms with Crippen molar-refractivity contribution in [2.24, 2.45) is 0 Å². The number of carbonyl (C=O) groups excluding carboxylic acids is 3. The van der Waals surface area contributed by atoms with Gasteiger partial charge in [-0.25, -0.2) is 4.79 Å². The van der Waals surface area contributed by atoms with Crippen molar-refractivity contribution in [3.8, 4) is 0 Å². The number of hydrogen-bond donors (Lipinski definition) is 1. The molecule has 0 bridgehead atoms. The summed E-state index contributed by atoms with van der Waals surface area (Å²) >= 11 is 0. The molecule has 145 valence electrons. The molecule has 1 unspecified atom stereocenters. The molecule has 1 fully saturated rings. The Morgan fingerprint density at radius 2 is 1.71 bits per heavy atom. The molecule has 2 aromatic rings. The summed E-state index contributed by atoms with van der Waals surface area (Å²) in [5, 5.41) is 2.70. The van der Waals surface area contributed by atoms with E-state index >= 15 is 0 Å². The van der Waals surface area contributed by atoms with Gasteiger partial charge in [-0.3, -0.25) is 14.5 Å². The first-order valence-electron chi connectivity index (χ1n) is 9.36. The number of likely N-dealkylation sites (tertiary alicyclic amines) is 1. The zero-order chi connectivity index (χ0) is 19.8. The van der Waals surface area contributed by atoms with Gasteiger partial charge in [0.2, 0.25) is 12.2 Å². The number of benzene rings is 2. The van der Waals surface area contributed by atoms with Crippen LogP contribution in [0.3, 0.4) is 0 Å². The Hall–Kier alpha value is -3.15. The van der Waals surface area contributed by atoms with Gasteiger partial charge in [-0.2, -0.15) is 0 Å². The predicted octanol–water partition coefficient (Wildman–Crippen LogP) is 2.62. The molecule has 3 rings (SSSR count). The molecule has 0 aliphatic carbocycles. The lowest BCUT2D eigenvalue weighted by Crippen LogP contribution is -2.49. The van der Waals surface area contributed by atoms with Crippen LogP contribution < -0.4 is 5.32 Å². The molecule has 1 radical (unpaired) electrons. The molecular weight excluding hydrogens is 356 g/mol. The first-order valence-corrected chi connectivity index (χ1v) is 9.36. The van der Waals surface area contributed by atoms with Gasteiger partial charge in [-0.15, -0.1) is 0 Å². The smallest absolute Gasteiger partial charge is 0.410 e. The van der Waals surface area contributed by atoms with Crippen molar-refractivity contribution in [2.45, 2.75) is 38.0 Å². The van der Waals surface area contributed by atoms with E-state index in [2.05, 4.69) is 5.32 Å². The zero-order valence-electron chi connectivity index (χ0n) is 15.5. The van der Waals surface area contributed by atoms with E-state index in [1.807, 2.05) is 66.9 Å². The predicted molar refractivity (Wildman–Crippen MR) is 104 cm³/mol. The number of ether oxygens (including phenoxy) is 1. The summed E-state index contributed by atoms with van der Waals surface area (Å²) in [6, 6.07) is 17.4. The van der Waals surface area contributed by atoms with Crippen molar-refractivity contribution in [1.82, 2.24) is 10.2 Å². The summed E-state index contributed by atoms with van der Waals surface area (Å²) in [7, 11) is 0. The van der Waals surface area contributed by atoms with Crippen molar-refractivity contribution in [3.05, 3.63) is 71.8 Å². The maximum atomic E-state index is 12.7. The van der Waals surface area contributed by atoms with Gasteiger partial charge in [0.1, 0.15) is 12.6 Å². The van der Waals surface area contributed by atoms with Gasteiger partial charge in [0, 0.05) is 13.0 Å². The standard InChI is InChI=1S/C22H23N2O4/c25-15-19(14-17-8-3-1-4-9-17)23-21(26)20-12-7-13-24(20)22(27)28-16-18-10-5-2-6-11-18/h1-6,8-11,19-20H,7,12-14,16H2,(H,23,26)/t19-,20?/m0/s1. The Balaban J connectivity index is 1.55. The average Bonchev–Trinajstić information content (AvgIpc) is 3.23. The molecular formula is C22H23N2O4. The van der Waals surface area contributed by atoms with Gasteiger partial charge in [-0.05, 0) is 24.0 Å². The third-order valence-electron chi connectivity index (χ3n) is 4.74. The maximum Gasteiger partial charge on any atom is 0.410 e. The van der Waals surface area contributed by atoms with Crippen molar-refractivity contribution < 1.29 is 19.1 Å². The Bertz CT molecular complexity index is 795. The Morgan fingerprint density at radius 1 is 1.07 bits per heavy atom. The molecule has 2 atom stereocenters. The summed E-state index contributed by atoms with van der Waals surface area (Å²) in [6.45, 7) is 0.614. The van der Waals surface area contributed by atoms with Gasteiger partial charge in [0.05, 0.1) is 6.04 Å². The minimum atomic E-state index is -0.752. The van der Waals surface area contributed by atoms with Crippen LogP contribution >= 0.6 is 0 Å². The number of carbonyl (C=O) groups is 2. The van der Waals surface area contributed by atoms with E-state index in [0.29, 0.717) is 25.8 Å². The highest BCUT2D eigenvalue weighted by molar-refractivity contribution is 5.88. The topological polar surface area (TPSA) is 75.7 Å². The lowest BCUT2D eigenvalue weighted by Gasteiger charge is -2.24. The van der Waals surface area contributed by atoms with Crippen LogP contribution in [-0.2, 0) is 27.4 Å². The summed E-state index contributed by atoms with van der Waals surface area (Å²) in [5.41, 5.74) is 1.82. The van der Waals surface area contributed by atoms with Crippen LogP contribution in [0.1, 0.15) is 24.0 Å². The molecule has 1 aliphatic rings. The lowest BCUT2D eigenvalue weighted by atomic mass is 10.1. The molecule has 6 heteroatoms. The Labute approximate surface area is 164 Å². The van der Waals surface area contributed by atoms with E-state index in [9.17, 15) is 14.4 Å². The van der Waals surface area contributed by atoms with Gasteiger partial charge in [0.15, 0.2) is 0 Å². The van der Waals surface area contributed by atoms with Crippen LogP contribution in [0.4, 0.5) is 4.79 Å². The molecule has 6 nitrogen and oxygen atoms in total.